The first-order chi connectivity index (χ1) is 13.0. The van der Waals surface area contributed by atoms with Gasteiger partial charge in [-0.2, -0.15) is 4.31 Å². The monoisotopic (exact) mass is 404 g/mol. The van der Waals surface area contributed by atoms with Gasteiger partial charge in [-0.05, 0) is 42.9 Å². The van der Waals surface area contributed by atoms with Crippen molar-refractivity contribution in [2.75, 3.05) is 24.2 Å². The van der Waals surface area contributed by atoms with Crippen molar-refractivity contribution in [1.82, 2.24) is 4.31 Å². The Bertz CT molecular complexity index is 877. The molecule has 1 fully saturated rings. The van der Waals surface area contributed by atoms with Crippen LogP contribution in [0.25, 0.3) is 0 Å². The van der Waals surface area contributed by atoms with E-state index >= 15 is 0 Å². The summed E-state index contributed by atoms with van der Waals surface area (Å²) in [6.45, 7) is 2.80. The fraction of sp³-hybridized carbons (Fsp3) is 0.350. The third-order valence-corrected chi connectivity index (χ3v) is 7.52. The van der Waals surface area contributed by atoms with E-state index in [-0.39, 0.29) is 11.8 Å². The molecule has 0 aliphatic carbocycles. The van der Waals surface area contributed by atoms with E-state index in [9.17, 15) is 13.2 Å². The van der Waals surface area contributed by atoms with Crippen LogP contribution in [0, 0.1) is 5.92 Å². The first-order valence-electron chi connectivity index (χ1n) is 9.10. The zero-order valence-electron chi connectivity index (χ0n) is 15.3. The number of nitrogens with zero attached hydrogens (tertiary/aromatic N) is 1. The molecule has 0 spiro atoms. The van der Waals surface area contributed by atoms with E-state index in [1.807, 2.05) is 24.3 Å². The second-order valence-electron chi connectivity index (χ2n) is 6.41. The number of carbonyl (C=O) groups excluding carboxylic acids is 1. The number of piperidine rings is 1. The highest BCUT2D eigenvalue weighted by Gasteiger charge is 2.32. The number of sulfonamides is 1. The summed E-state index contributed by atoms with van der Waals surface area (Å²) in [5.41, 5.74) is 0.827. The van der Waals surface area contributed by atoms with Crippen molar-refractivity contribution in [3.05, 3.63) is 54.6 Å². The molecule has 1 saturated heterocycles. The van der Waals surface area contributed by atoms with E-state index in [4.69, 9.17) is 0 Å². The number of benzene rings is 2. The first-order valence-corrected chi connectivity index (χ1v) is 11.5. The lowest BCUT2D eigenvalue weighted by Gasteiger charge is -2.30. The van der Waals surface area contributed by atoms with Crippen LogP contribution < -0.4 is 5.32 Å². The molecule has 0 atom stereocenters. The van der Waals surface area contributed by atoms with Gasteiger partial charge in [0.05, 0.1) is 10.6 Å². The van der Waals surface area contributed by atoms with Gasteiger partial charge in [0.25, 0.3) is 0 Å². The molecule has 5 nitrogen and oxygen atoms in total. The first kappa shape index (κ1) is 19.9. The minimum atomic E-state index is -3.49. The van der Waals surface area contributed by atoms with Crippen LogP contribution in [-0.2, 0) is 14.8 Å². The predicted molar refractivity (Wildman–Crippen MR) is 109 cm³/mol. The Morgan fingerprint density at radius 2 is 1.70 bits per heavy atom. The molecular formula is C20H24N2O3S2. The highest BCUT2D eigenvalue weighted by atomic mass is 32.2. The van der Waals surface area contributed by atoms with Crippen molar-refractivity contribution in [3.8, 4) is 0 Å². The van der Waals surface area contributed by atoms with Crippen LogP contribution in [-0.4, -0.2) is 37.5 Å². The van der Waals surface area contributed by atoms with Gasteiger partial charge in [-0.15, -0.1) is 11.8 Å². The lowest BCUT2D eigenvalue weighted by molar-refractivity contribution is -0.120. The van der Waals surface area contributed by atoms with Gasteiger partial charge in [-0.1, -0.05) is 37.3 Å². The van der Waals surface area contributed by atoms with Crippen LogP contribution >= 0.6 is 11.8 Å². The zero-order valence-corrected chi connectivity index (χ0v) is 16.9. The maximum absolute atomic E-state index is 12.7. The third-order valence-electron chi connectivity index (χ3n) is 4.65. The number of para-hydroxylation sites is 1. The highest BCUT2D eigenvalue weighted by molar-refractivity contribution is 7.99. The molecule has 2 aromatic carbocycles. The molecule has 144 valence electrons. The summed E-state index contributed by atoms with van der Waals surface area (Å²) in [6.07, 6.45) is 1.06. The number of amides is 1. The molecule has 0 unspecified atom stereocenters. The number of thioether (sulfide) groups is 1. The van der Waals surface area contributed by atoms with Crippen molar-refractivity contribution >= 4 is 33.4 Å². The van der Waals surface area contributed by atoms with Gasteiger partial charge in [0.1, 0.15) is 0 Å². The summed E-state index contributed by atoms with van der Waals surface area (Å²) in [5, 5.41) is 3.02. The van der Waals surface area contributed by atoms with Crippen molar-refractivity contribution in [2.24, 2.45) is 5.92 Å². The molecule has 1 heterocycles. The minimum absolute atomic E-state index is 0.0316. The fourth-order valence-corrected chi connectivity index (χ4v) is 5.44. The van der Waals surface area contributed by atoms with E-state index in [1.54, 1.807) is 42.1 Å². The van der Waals surface area contributed by atoms with Gasteiger partial charge < -0.3 is 5.32 Å². The van der Waals surface area contributed by atoms with Gasteiger partial charge in [-0.25, -0.2) is 8.42 Å². The predicted octanol–water partition coefficient (Wildman–Crippen LogP) is 3.84. The molecule has 0 aromatic heterocycles. The van der Waals surface area contributed by atoms with Crippen LogP contribution in [0.2, 0.25) is 0 Å². The number of nitrogens with one attached hydrogen (secondary N) is 1. The summed E-state index contributed by atoms with van der Waals surface area (Å²) >= 11 is 1.69. The summed E-state index contributed by atoms with van der Waals surface area (Å²) in [5.74, 6) is 0.727. The molecule has 0 bridgehead atoms. The summed E-state index contributed by atoms with van der Waals surface area (Å²) in [6, 6.07) is 16.2. The molecule has 1 aliphatic heterocycles. The maximum atomic E-state index is 12.7. The van der Waals surface area contributed by atoms with Gasteiger partial charge in [0.15, 0.2) is 0 Å². The molecule has 2 aromatic rings. The van der Waals surface area contributed by atoms with Gasteiger partial charge in [0.2, 0.25) is 15.9 Å². The Kier molecular flexibility index (Phi) is 6.57. The van der Waals surface area contributed by atoms with Crippen molar-refractivity contribution < 1.29 is 13.2 Å². The second-order valence-corrected chi connectivity index (χ2v) is 9.65. The van der Waals surface area contributed by atoms with Crippen LogP contribution in [0.3, 0.4) is 0 Å². The summed E-state index contributed by atoms with van der Waals surface area (Å²) in [4.78, 5) is 14.0. The van der Waals surface area contributed by atoms with Crippen LogP contribution in [0.5, 0.6) is 0 Å². The molecule has 7 heteroatoms. The highest BCUT2D eigenvalue weighted by Crippen LogP contribution is 2.29. The molecule has 0 saturated carbocycles. The van der Waals surface area contributed by atoms with E-state index in [0.717, 1.165) is 16.3 Å². The number of hydrogen-bond acceptors (Lipinski definition) is 4. The second kappa shape index (κ2) is 8.91. The zero-order chi connectivity index (χ0) is 19.3. The quantitative estimate of drug-likeness (QED) is 0.743. The van der Waals surface area contributed by atoms with Gasteiger partial charge in [0, 0.05) is 23.9 Å². The van der Waals surface area contributed by atoms with Crippen molar-refractivity contribution in [3.63, 3.8) is 0 Å². The number of anilines is 1. The Labute approximate surface area is 165 Å². The fourth-order valence-electron chi connectivity index (χ4n) is 3.19. The molecule has 0 radical (unpaired) electrons. The Morgan fingerprint density at radius 3 is 2.37 bits per heavy atom. The third kappa shape index (κ3) is 4.72. The van der Waals surface area contributed by atoms with E-state index in [0.29, 0.717) is 30.8 Å². The van der Waals surface area contributed by atoms with Crippen LogP contribution in [0.1, 0.15) is 19.8 Å². The van der Waals surface area contributed by atoms with E-state index in [1.165, 1.54) is 4.31 Å². The summed E-state index contributed by atoms with van der Waals surface area (Å²) in [7, 11) is -3.49. The molecular weight excluding hydrogens is 380 g/mol. The van der Waals surface area contributed by atoms with Crippen LogP contribution in [0.15, 0.2) is 64.4 Å². The Morgan fingerprint density at radius 1 is 1.07 bits per heavy atom. The molecule has 27 heavy (non-hydrogen) atoms. The molecule has 3 rings (SSSR count). The number of hydrogen-bond donors (Lipinski definition) is 1. The van der Waals surface area contributed by atoms with E-state index < -0.39 is 10.0 Å². The average Bonchev–Trinajstić information content (AvgIpc) is 2.70. The maximum Gasteiger partial charge on any atom is 0.243 e. The molecule has 1 N–H and O–H groups in total. The van der Waals surface area contributed by atoms with Crippen LogP contribution in [0.4, 0.5) is 5.69 Å². The normalized spacial score (nSPS) is 16.2. The number of carbonyl (C=O) groups is 1. The lowest BCUT2D eigenvalue weighted by atomic mass is 9.97. The molecule has 1 amide bonds. The van der Waals surface area contributed by atoms with Gasteiger partial charge >= 0.3 is 0 Å². The average molecular weight is 405 g/mol. The van der Waals surface area contributed by atoms with E-state index in [2.05, 4.69) is 12.2 Å². The number of rotatable bonds is 6. The Hall–Kier alpha value is -1.83. The molecule has 1 aliphatic rings. The largest absolute Gasteiger partial charge is 0.325 e. The minimum Gasteiger partial charge on any atom is -0.325 e. The lowest BCUT2D eigenvalue weighted by Crippen LogP contribution is -2.41. The van der Waals surface area contributed by atoms with Crippen molar-refractivity contribution in [1.29, 1.82) is 0 Å². The topological polar surface area (TPSA) is 66.5 Å². The summed E-state index contributed by atoms with van der Waals surface area (Å²) < 4.78 is 26.9. The standard InChI is InChI=1S/C20H24N2O3S2/c1-2-26-19-11-7-6-10-18(19)21-20(23)16-12-14-22(15-13-16)27(24,25)17-8-4-3-5-9-17/h3-11,16H,2,12-15H2,1H3,(H,21,23). The van der Waals surface area contributed by atoms with Crippen molar-refractivity contribution in [2.45, 2.75) is 29.6 Å². The SMILES string of the molecule is CCSc1ccccc1NC(=O)C1CCN(S(=O)(=O)c2ccccc2)CC1. The smallest absolute Gasteiger partial charge is 0.243 e. The Balaban J connectivity index is 1.62. The van der Waals surface area contributed by atoms with Gasteiger partial charge in [-0.3, -0.25) is 4.79 Å².